The molecule has 0 saturated carbocycles. The van der Waals surface area contributed by atoms with Gasteiger partial charge in [0.05, 0.1) is 16.8 Å². The minimum atomic E-state index is -0.610. The van der Waals surface area contributed by atoms with E-state index in [9.17, 15) is 19.2 Å². The van der Waals surface area contributed by atoms with E-state index in [0.29, 0.717) is 4.80 Å². The van der Waals surface area contributed by atoms with Gasteiger partial charge in [-0.2, -0.15) is 4.99 Å². The monoisotopic (exact) mass is 403 g/mol. The van der Waals surface area contributed by atoms with Crippen LogP contribution in [0.3, 0.4) is 0 Å². The van der Waals surface area contributed by atoms with Crippen LogP contribution in [0.2, 0.25) is 0 Å². The van der Waals surface area contributed by atoms with Crippen LogP contribution in [0.5, 0.6) is 0 Å². The van der Waals surface area contributed by atoms with Gasteiger partial charge in [0.2, 0.25) is 11.8 Å². The minimum Gasteiger partial charge on any atom is -0.465 e. The van der Waals surface area contributed by atoms with Crippen molar-refractivity contribution in [1.82, 2.24) is 9.47 Å². The van der Waals surface area contributed by atoms with Crippen LogP contribution in [0, 0.1) is 13.8 Å². The summed E-state index contributed by atoms with van der Waals surface area (Å²) in [6.45, 7) is 5.46. The molecule has 2 heterocycles. The standard InChI is InChI=1S/C19H21N3O5S/c1-4-27-18(26)10-21-13-7-11(2)12(3)8-14(13)28-19(21)20-15(23)9-22-16(24)5-6-17(22)25/h7-8H,4-6,9-10H2,1-3H3. The molecule has 8 nitrogen and oxygen atoms in total. The third-order valence-corrected chi connectivity index (χ3v) is 5.60. The van der Waals surface area contributed by atoms with E-state index < -0.39 is 11.9 Å². The second-order valence-electron chi connectivity index (χ2n) is 6.56. The van der Waals surface area contributed by atoms with E-state index in [1.807, 2.05) is 26.0 Å². The first-order valence-electron chi connectivity index (χ1n) is 8.97. The molecule has 3 amide bonds. The van der Waals surface area contributed by atoms with Crippen LogP contribution < -0.4 is 4.80 Å². The third-order valence-electron chi connectivity index (χ3n) is 4.56. The number of thiazole rings is 1. The number of aryl methyl sites for hydroxylation is 2. The van der Waals surface area contributed by atoms with Crippen molar-refractivity contribution in [2.75, 3.05) is 13.2 Å². The summed E-state index contributed by atoms with van der Waals surface area (Å²) in [5, 5.41) is 0. The molecule has 1 aliphatic heterocycles. The fraction of sp³-hybridized carbons (Fsp3) is 0.421. The zero-order valence-corrected chi connectivity index (χ0v) is 16.8. The molecule has 0 bridgehead atoms. The number of hydrogen-bond acceptors (Lipinski definition) is 6. The SMILES string of the molecule is CCOC(=O)Cn1c(=NC(=O)CN2C(=O)CCC2=O)sc2cc(C)c(C)cc21. The van der Waals surface area contributed by atoms with E-state index in [2.05, 4.69) is 4.99 Å². The molecule has 1 aromatic heterocycles. The van der Waals surface area contributed by atoms with Gasteiger partial charge in [0.1, 0.15) is 13.1 Å². The fourth-order valence-electron chi connectivity index (χ4n) is 2.97. The van der Waals surface area contributed by atoms with Crippen LogP contribution in [0.15, 0.2) is 17.1 Å². The van der Waals surface area contributed by atoms with Crippen LogP contribution in [-0.4, -0.2) is 46.3 Å². The second-order valence-corrected chi connectivity index (χ2v) is 7.57. The summed E-state index contributed by atoms with van der Waals surface area (Å²) in [6, 6.07) is 3.92. The van der Waals surface area contributed by atoms with Gasteiger partial charge < -0.3 is 9.30 Å². The summed E-state index contributed by atoms with van der Waals surface area (Å²) >= 11 is 1.27. The molecular weight excluding hydrogens is 382 g/mol. The number of likely N-dealkylation sites (tertiary alicyclic amines) is 1. The lowest BCUT2D eigenvalue weighted by molar-refractivity contribution is -0.144. The second kappa shape index (κ2) is 8.05. The van der Waals surface area contributed by atoms with E-state index in [1.165, 1.54) is 11.3 Å². The fourth-order valence-corrected chi connectivity index (χ4v) is 4.10. The molecule has 0 unspecified atom stereocenters. The van der Waals surface area contributed by atoms with E-state index in [4.69, 9.17) is 4.74 Å². The number of rotatable bonds is 5. The maximum Gasteiger partial charge on any atom is 0.326 e. The molecule has 0 radical (unpaired) electrons. The van der Waals surface area contributed by atoms with Gasteiger partial charge in [0.15, 0.2) is 4.80 Å². The first-order valence-corrected chi connectivity index (χ1v) is 9.78. The Kier molecular flexibility index (Phi) is 5.73. The lowest BCUT2D eigenvalue weighted by Crippen LogP contribution is -2.34. The van der Waals surface area contributed by atoms with Gasteiger partial charge in [-0.15, -0.1) is 0 Å². The first kappa shape index (κ1) is 19.9. The zero-order valence-electron chi connectivity index (χ0n) is 16.0. The predicted octanol–water partition coefficient (Wildman–Crippen LogP) is 1.46. The predicted molar refractivity (Wildman–Crippen MR) is 102 cm³/mol. The number of imide groups is 1. The van der Waals surface area contributed by atoms with Gasteiger partial charge in [-0.25, -0.2) is 0 Å². The molecule has 0 atom stereocenters. The lowest BCUT2D eigenvalue weighted by atomic mass is 10.1. The molecule has 1 aromatic carbocycles. The van der Waals surface area contributed by atoms with Crippen molar-refractivity contribution in [3.05, 3.63) is 28.1 Å². The van der Waals surface area contributed by atoms with Gasteiger partial charge in [-0.1, -0.05) is 11.3 Å². The van der Waals surface area contributed by atoms with Crippen LogP contribution in [-0.2, 0) is 30.5 Å². The number of aromatic nitrogens is 1. The Bertz CT molecular complexity index is 1030. The van der Waals surface area contributed by atoms with Gasteiger partial charge in [0.25, 0.3) is 5.91 Å². The lowest BCUT2D eigenvalue weighted by Gasteiger charge is -2.10. The van der Waals surface area contributed by atoms with Gasteiger partial charge in [-0.05, 0) is 44.0 Å². The normalized spacial score (nSPS) is 15.0. The van der Waals surface area contributed by atoms with E-state index in [1.54, 1.807) is 11.5 Å². The highest BCUT2D eigenvalue weighted by atomic mass is 32.1. The molecular formula is C19H21N3O5S. The van der Waals surface area contributed by atoms with Crippen LogP contribution in [0.4, 0.5) is 0 Å². The Labute approximate surface area is 165 Å². The zero-order chi connectivity index (χ0) is 20.4. The highest BCUT2D eigenvalue weighted by molar-refractivity contribution is 7.16. The van der Waals surface area contributed by atoms with Crippen molar-refractivity contribution < 1.29 is 23.9 Å². The average molecular weight is 403 g/mol. The van der Waals surface area contributed by atoms with Gasteiger partial charge in [0, 0.05) is 12.8 Å². The molecule has 2 aromatic rings. The number of carbonyl (C=O) groups excluding carboxylic acids is 4. The molecule has 0 aliphatic carbocycles. The number of benzene rings is 1. The van der Waals surface area contributed by atoms with E-state index in [0.717, 1.165) is 26.2 Å². The molecule has 148 valence electrons. The Morgan fingerprint density at radius 2 is 1.75 bits per heavy atom. The summed E-state index contributed by atoms with van der Waals surface area (Å²) in [7, 11) is 0. The minimum absolute atomic E-state index is 0.0793. The molecule has 1 fully saturated rings. The average Bonchev–Trinajstić information content (AvgIpc) is 3.10. The summed E-state index contributed by atoms with van der Waals surface area (Å²) in [4.78, 5) is 53.2. The van der Waals surface area contributed by atoms with Crippen LogP contribution >= 0.6 is 11.3 Å². The van der Waals surface area contributed by atoms with Crippen molar-refractivity contribution >= 4 is 45.2 Å². The molecule has 28 heavy (non-hydrogen) atoms. The molecule has 9 heteroatoms. The number of hydrogen-bond donors (Lipinski definition) is 0. The summed E-state index contributed by atoms with van der Waals surface area (Å²) in [5.41, 5.74) is 2.92. The van der Waals surface area contributed by atoms with Crippen molar-refractivity contribution in [3.8, 4) is 0 Å². The van der Waals surface area contributed by atoms with E-state index in [-0.39, 0.29) is 44.4 Å². The summed E-state index contributed by atoms with van der Waals surface area (Å²) in [6.07, 6.45) is 0.243. The first-order chi connectivity index (χ1) is 13.3. The third kappa shape index (κ3) is 4.04. The number of ether oxygens (including phenoxy) is 1. The van der Waals surface area contributed by atoms with Crippen molar-refractivity contribution in [3.63, 3.8) is 0 Å². The molecule has 1 aliphatic rings. The quantitative estimate of drug-likeness (QED) is 0.556. The topological polar surface area (TPSA) is 98.0 Å². The largest absolute Gasteiger partial charge is 0.465 e. The summed E-state index contributed by atoms with van der Waals surface area (Å²) in [5.74, 6) is -1.77. The molecule has 0 N–H and O–H groups in total. The van der Waals surface area contributed by atoms with Gasteiger partial charge in [-0.3, -0.25) is 24.1 Å². The summed E-state index contributed by atoms with van der Waals surface area (Å²) < 4.78 is 7.55. The van der Waals surface area contributed by atoms with Crippen molar-refractivity contribution in [1.29, 1.82) is 0 Å². The van der Waals surface area contributed by atoms with Crippen molar-refractivity contribution in [2.24, 2.45) is 4.99 Å². The molecule has 3 rings (SSSR count). The van der Waals surface area contributed by atoms with Crippen LogP contribution in [0.25, 0.3) is 10.2 Å². The Morgan fingerprint density at radius 3 is 2.39 bits per heavy atom. The highest BCUT2D eigenvalue weighted by Crippen LogP contribution is 2.22. The Morgan fingerprint density at radius 1 is 1.11 bits per heavy atom. The molecule has 1 saturated heterocycles. The maximum atomic E-state index is 12.4. The van der Waals surface area contributed by atoms with E-state index >= 15 is 0 Å². The number of esters is 1. The number of fused-ring (bicyclic) bond motifs is 1. The smallest absolute Gasteiger partial charge is 0.326 e. The number of nitrogens with zero attached hydrogens (tertiary/aromatic N) is 3. The molecule has 0 spiro atoms. The Balaban J connectivity index is 2.01. The number of amides is 3. The van der Waals surface area contributed by atoms with Crippen LogP contribution in [0.1, 0.15) is 30.9 Å². The number of carbonyl (C=O) groups is 4. The maximum absolute atomic E-state index is 12.4. The van der Waals surface area contributed by atoms with Crippen molar-refractivity contribution in [2.45, 2.75) is 40.2 Å². The highest BCUT2D eigenvalue weighted by Gasteiger charge is 2.30. The van der Waals surface area contributed by atoms with Gasteiger partial charge >= 0.3 is 5.97 Å². The Hall–Kier alpha value is -2.81.